The largest absolute Gasteiger partial charge is 0.394 e. The quantitative estimate of drug-likeness (QED) is 0.0350. The van der Waals surface area contributed by atoms with Gasteiger partial charge < -0.3 is 79.9 Å². The summed E-state index contributed by atoms with van der Waals surface area (Å²) in [6, 6.07) is 0. The number of ether oxygens (including phenoxy) is 6. The van der Waals surface area contributed by atoms with Crippen LogP contribution in [0.5, 0.6) is 0 Å². The zero-order valence-electron chi connectivity index (χ0n) is 25.3. The number of hydrogen-bond donors (Lipinski definition) is 10. The molecule has 0 radical (unpaired) electrons. The standard InChI is InChI=1S/C26H48N2O16S2/c29-11-17-23(35)25(37)21(33)15(43-17)9-27-19(31)13-41-3-1-39-5-7-45-46-8-6-40-2-4-42-14-20(32)28-10-16-22(34)26(38)24(36)18(12-30)44-16/h15-18,21-26,29-30,33-38H,1-14H2,(H,27,31)(H,28,32)/t15-,16-,17+,18+,21-,22-,23+,24+,25+,26+/m0/s1. The molecule has 0 aliphatic carbocycles. The van der Waals surface area contributed by atoms with E-state index in [2.05, 4.69) is 10.6 Å². The van der Waals surface area contributed by atoms with Crippen molar-refractivity contribution < 1.29 is 78.9 Å². The van der Waals surface area contributed by atoms with Gasteiger partial charge in [0.2, 0.25) is 11.8 Å². The van der Waals surface area contributed by atoms with E-state index in [4.69, 9.17) is 28.4 Å². The summed E-state index contributed by atoms with van der Waals surface area (Å²) in [5.74, 6) is 0.527. The molecule has 18 nitrogen and oxygen atoms in total. The van der Waals surface area contributed by atoms with E-state index in [1.165, 1.54) is 0 Å². The minimum atomic E-state index is -1.50. The molecule has 2 heterocycles. The number of nitrogens with one attached hydrogen (secondary N) is 2. The number of hydrogen-bond acceptors (Lipinski definition) is 18. The van der Waals surface area contributed by atoms with Crippen LogP contribution >= 0.6 is 21.6 Å². The van der Waals surface area contributed by atoms with Gasteiger partial charge in [0.05, 0.1) is 52.9 Å². The Kier molecular flexibility index (Phi) is 21.0. The van der Waals surface area contributed by atoms with Crippen LogP contribution in [0.15, 0.2) is 0 Å². The fourth-order valence-corrected chi connectivity index (χ4v) is 6.02. The Morgan fingerprint density at radius 3 is 1.24 bits per heavy atom. The molecule has 0 saturated carbocycles. The van der Waals surface area contributed by atoms with Gasteiger partial charge in [0, 0.05) is 24.6 Å². The summed E-state index contributed by atoms with van der Waals surface area (Å²) >= 11 is 0. The molecule has 10 N–H and O–H groups in total. The monoisotopic (exact) mass is 708 g/mol. The first kappa shape index (κ1) is 41.3. The molecule has 0 unspecified atom stereocenters. The number of carbonyl (C=O) groups excluding carboxylic acids is 2. The minimum Gasteiger partial charge on any atom is -0.394 e. The fraction of sp³-hybridized carbons (Fsp3) is 0.923. The van der Waals surface area contributed by atoms with Crippen LogP contribution < -0.4 is 10.6 Å². The second kappa shape index (κ2) is 23.4. The second-order valence-corrected chi connectivity index (χ2v) is 13.0. The first-order valence-corrected chi connectivity index (χ1v) is 17.3. The molecule has 2 amide bonds. The van der Waals surface area contributed by atoms with Crippen LogP contribution in [-0.4, -0.2) is 204 Å². The molecule has 0 bridgehead atoms. The van der Waals surface area contributed by atoms with Gasteiger partial charge in [0.25, 0.3) is 0 Å². The van der Waals surface area contributed by atoms with Gasteiger partial charge in [-0.15, -0.1) is 0 Å². The van der Waals surface area contributed by atoms with Gasteiger partial charge in [0.15, 0.2) is 0 Å². The zero-order chi connectivity index (χ0) is 33.9. The first-order chi connectivity index (χ1) is 22.1. The van der Waals surface area contributed by atoms with Crippen molar-refractivity contribution in [2.45, 2.75) is 61.0 Å². The Morgan fingerprint density at radius 2 is 0.870 bits per heavy atom. The number of rotatable bonds is 23. The molecule has 2 fully saturated rings. The molecule has 2 aliphatic heterocycles. The summed E-state index contributed by atoms with van der Waals surface area (Å²) in [6.07, 6.45) is -12.8. The molecule has 2 saturated heterocycles. The van der Waals surface area contributed by atoms with Gasteiger partial charge in [-0.3, -0.25) is 9.59 Å². The van der Waals surface area contributed by atoms with Gasteiger partial charge in [-0.05, 0) is 0 Å². The van der Waals surface area contributed by atoms with Gasteiger partial charge in [-0.1, -0.05) is 21.6 Å². The van der Waals surface area contributed by atoms with Crippen LogP contribution in [0.3, 0.4) is 0 Å². The Labute approximate surface area is 274 Å². The highest BCUT2D eigenvalue weighted by Gasteiger charge is 2.44. The Bertz CT molecular complexity index is 784. The Morgan fingerprint density at radius 1 is 0.522 bits per heavy atom. The van der Waals surface area contributed by atoms with Crippen molar-refractivity contribution in [3.63, 3.8) is 0 Å². The Balaban J connectivity index is 1.34. The lowest BCUT2D eigenvalue weighted by atomic mass is 9.95. The number of aliphatic hydroxyl groups excluding tert-OH is 8. The van der Waals surface area contributed by atoms with Crippen LogP contribution in [-0.2, 0) is 38.0 Å². The van der Waals surface area contributed by atoms with Crippen molar-refractivity contribution in [2.24, 2.45) is 0 Å². The molecule has 0 aromatic heterocycles. The maximum absolute atomic E-state index is 11.9. The SMILES string of the molecule is O=C(COCCOCCSSCCOCCOCC(=O)NC[C@@H]1O[C@H](CO)[C@@H](O)[C@H](O)[C@H]1O)NC[C@@H]1O[C@H](CO)[C@@H](O)[C@H](O)[C@H]1O. The van der Waals surface area contributed by atoms with Crippen LogP contribution in [0.2, 0.25) is 0 Å². The summed E-state index contributed by atoms with van der Waals surface area (Å²) in [7, 11) is 3.21. The number of aliphatic hydroxyl groups is 8. The summed E-state index contributed by atoms with van der Waals surface area (Å²) in [6.45, 7) is 0.102. The van der Waals surface area contributed by atoms with E-state index in [9.17, 15) is 50.4 Å². The van der Waals surface area contributed by atoms with Crippen molar-refractivity contribution in [3.8, 4) is 0 Å². The molecular weight excluding hydrogens is 660 g/mol. The van der Waals surface area contributed by atoms with Gasteiger partial charge in [0.1, 0.15) is 74.3 Å². The maximum atomic E-state index is 11.9. The van der Waals surface area contributed by atoms with E-state index >= 15 is 0 Å². The maximum Gasteiger partial charge on any atom is 0.246 e. The minimum absolute atomic E-state index is 0.133. The molecule has 0 spiro atoms. The van der Waals surface area contributed by atoms with E-state index in [0.717, 1.165) is 11.5 Å². The van der Waals surface area contributed by atoms with E-state index in [0.29, 0.717) is 26.4 Å². The third kappa shape index (κ3) is 14.7. The van der Waals surface area contributed by atoms with E-state index < -0.39 is 86.1 Å². The summed E-state index contributed by atoms with van der Waals surface area (Å²) < 4.78 is 32.0. The molecule has 20 heteroatoms. The van der Waals surface area contributed by atoms with Crippen molar-refractivity contribution in [3.05, 3.63) is 0 Å². The van der Waals surface area contributed by atoms with Crippen molar-refractivity contribution in [2.75, 3.05) is 90.7 Å². The fourth-order valence-electron chi connectivity index (χ4n) is 4.30. The molecule has 0 aromatic rings. The van der Waals surface area contributed by atoms with Crippen LogP contribution in [0.25, 0.3) is 0 Å². The average Bonchev–Trinajstić information content (AvgIpc) is 3.05. The van der Waals surface area contributed by atoms with Crippen molar-refractivity contribution >= 4 is 33.4 Å². The van der Waals surface area contributed by atoms with E-state index in [1.54, 1.807) is 21.6 Å². The van der Waals surface area contributed by atoms with Gasteiger partial charge in [-0.2, -0.15) is 0 Å². The molecular formula is C26H48N2O16S2. The van der Waals surface area contributed by atoms with E-state index in [-0.39, 0.29) is 39.5 Å². The normalized spacial score (nSPS) is 31.5. The predicted octanol–water partition coefficient (Wildman–Crippen LogP) is -5.65. The zero-order valence-corrected chi connectivity index (χ0v) is 27.0. The van der Waals surface area contributed by atoms with Crippen LogP contribution in [0.4, 0.5) is 0 Å². The van der Waals surface area contributed by atoms with Crippen molar-refractivity contribution in [1.29, 1.82) is 0 Å². The third-order valence-electron chi connectivity index (χ3n) is 6.90. The lowest BCUT2D eigenvalue weighted by Crippen LogP contribution is -2.60. The molecule has 0 aromatic carbocycles. The topological polar surface area (TPSA) is 275 Å². The number of amides is 2. The summed E-state index contributed by atoms with van der Waals surface area (Å²) in [4.78, 5) is 23.8. The average molecular weight is 709 g/mol. The smallest absolute Gasteiger partial charge is 0.246 e. The molecule has 10 atom stereocenters. The van der Waals surface area contributed by atoms with Crippen LogP contribution in [0.1, 0.15) is 0 Å². The third-order valence-corrected chi connectivity index (χ3v) is 9.23. The van der Waals surface area contributed by atoms with Gasteiger partial charge in [-0.25, -0.2) is 0 Å². The predicted molar refractivity (Wildman–Crippen MR) is 162 cm³/mol. The molecule has 46 heavy (non-hydrogen) atoms. The summed E-state index contributed by atoms with van der Waals surface area (Å²) in [5.41, 5.74) is 0. The molecule has 270 valence electrons. The second-order valence-electron chi connectivity index (χ2n) is 10.3. The number of carbonyl (C=O) groups is 2. The lowest BCUT2D eigenvalue weighted by Gasteiger charge is -2.40. The highest BCUT2D eigenvalue weighted by molar-refractivity contribution is 8.76. The highest BCUT2D eigenvalue weighted by atomic mass is 33.1. The van der Waals surface area contributed by atoms with E-state index in [1.807, 2.05) is 0 Å². The molecule has 2 rings (SSSR count). The highest BCUT2D eigenvalue weighted by Crippen LogP contribution is 2.22. The molecule has 2 aliphatic rings. The Hall–Kier alpha value is -0.920. The van der Waals surface area contributed by atoms with Crippen LogP contribution in [0, 0.1) is 0 Å². The van der Waals surface area contributed by atoms with Gasteiger partial charge >= 0.3 is 0 Å². The van der Waals surface area contributed by atoms with Crippen molar-refractivity contribution in [1.82, 2.24) is 10.6 Å². The lowest BCUT2D eigenvalue weighted by molar-refractivity contribution is -0.227. The first-order valence-electron chi connectivity index (χ1n) is 14.8. The summed E-state index contributed by atoms with van der Waals surface area (Å²) in [5, 5.41) is 82.5.